The molecule has 31 heavy (non-hydrogen) atoms. The molecule has 1 saturated heterocycles. The molecule has 0 radical (unpaired) electrons. The lowest BCUT2D eigenvalue weighted by Gasteiger charge is -2.36. The number of alkyl halides is 1. The predicted molar refractivity (Wildman–Crippen MR) is 120 cm³/mol. The molecule has 0 spiro atoms. The third kappa shape index (κ3) is 5.50. The molecular weight excluding hydrogens is 418 g/mol. The summed E-state index contributed by atoms with van der Waals surface area (Å²) >= 11 is 0. The van der Waals surface area contributed by atoms with Gasteiger partial charge in [0.1, 0.15) is 23.3 Å². The third-order valence-electron chi connectivity index (χ3n) is 6.08. The molecule has 2 atom stereocenters. The number of piperidine rings is 1. The fraction of sp³-hybridized carbons (Fsp3) is 0.542. The quantitative estimate of drug-likeness (QED) is 0.651. The monoisotopic (exact) mass is 448 g/mol. The first kappa shape index (κ1) is 22.3. The molecule has 2 aliphatic rings. The SMILES string of the molecule is CS(=O)Cc1ccc(-c2cc3c(cn2)OC(C2CCN(CC(C)(C)F)CC2)C3)c(F)c1. The number of nitrogens with zero attached hydrogens (tertiary/aromatic N) is 2. The summed E-state index contributed by atoms with van der Waals surface area (Å²) in [7, 11) is -1.01. The Morgan fingerprint density at radius 3 is 2.65 bits per heavy atom. The molecule has 3 heterocycles. The molecule has 1 aromatic carbocycles. The van der Waals surface area contributed by atoms with Crippen LogP contribution in [0.4, 0.5) is 8.78 Å². The molecular formula is C24H30F2N2O2S. The Balaban J connectivity index is 1.42. The number of aromatic nitrogens is 1. The maximum atomic E-state index is 14.7. The van der Waals surface area contributed by atoms with E-state index in [0.29, 0.717) is 35.0 Å². The lowest BCUT2D eigenvalue weighted by Crippen LogP contribution is -2.43. The fourth-order valence-electron chi connectivity index (χ4n) is 4.69. The van der Waals surface area contributed by atoms with E-state index in [2.05, 4.69) is 9.88 Å². The first-order valence-electron chi connectivity index (χ1n) is 10.8. The minimum absolute atomic E-state index is 0.0966. The summed E-state index contributed by atoms with van der Waals surface area (Å²) < 4.78 is 46.2. The molecule has 1 fully saturated rings. The van der Waals surface area contributed by atoms with Gasteiger partial charge in [-0.25, -0.2) is 8.78 Å². The van der Waals surface area contributed by atoms with E-state index >= 15 is 0 Å². The third-order valence-corrected chi connectivity index (χ3v) is 6.82. The highest BCUT2D eigenvalue weighted by atomic mass is 32.2. The Morgan fingerprint density at radius 2 is 2.00 bits per heavy atom. The summed E-state index contributed by atoms with van der Waals surface area (Å²) in [5.41, 5.74) is 1.63. The van der Waals surface area contributed by atoms with Crippen molar-refractivity contribution in [3.8, 4) is 17.0 Å². The standard InChI is InChI=1S/C24H30F2N2O2S/c1-24(2,26)15-28-8-6-17(7-9-28)22-12-18-11-21(27-13-23(18)30-22)19-5-4-16(10-20(19)25)14-31(3)29/h4-5,10-11,13,17,22H,6-9,12,14-15H2,1-3H3. The number of fused-ring (bicyclic) bond motifs is 1. The Kier molecular flexibility index (Phi) is 6.44. The molecule has 7 heteroatoms. The van der Waals surface area contributed by atoms with E-state index in [1.54, 1.807) is 38.4 Å². The van der Waals surface area contributed by atoms with Gasteiger partial charge in [-0.15, -0.1) is 0 Å². The van der Waals surface area contributed by atoms with Crippen LogP contribution in [0.2, 0.25) is 0 Å². The van der Waals surface area contributed by atoms with Gasteiger partial charge in [-0.05, 0) is 69.5 Å². The van der Waals surface area contributed by atoms with Gasteiger partial charge in [-0.1, -0.05) is 6.07 Å². The second-order valence-corrected chi connectivity index (χ2v) is 10.8. The molecule has 0 aliphatic carbocycles. The number of halogens is 2. The maximum absolute atomic E-state index is 14.7. The van der Waals surface area contributed by atoms with Gasteiger partial charge in [-0.3, -0.25) is 9.19 Å². The molecule has 2 aliphatic heterocycles. The minimum Gasteiger partial charge on any atom is -0.488 e. The lowest BCUT2D eigenvalue weighted by atomic mass is 9.88. The van der Waals surface area contributed by atoms with Crippen molar-refractivity contribution in [1.29, 1.82) is 0 Å². The van der Waals surface area contributed by atoms with Crippen LogP contribution in [0.25, 0.3) is 11.3 Å². The average molecular weight is 449 g/mol. The zero-order valence-corrected chi connectivity index (χ0v) is 19.2. The van der Waals surface area contributed by atoms with Gasteiger partial charge in [0.15, 0.2) is 0 Å². The van der Waals surface area contributed by atoms with Crippen molar-refractivity contribution in [2.24, 2.45) is 5.92 Å². The first-order chi connectivity index (χ1) is 14.7. The summed E-state index contributed by atoms with van der Waals surface area (Å²) in [5.74, 6) is 1.20. The van der Waals surface area contributed by atoms with Gasteiger partial charge in [0, 0.05) is 46.9 Å². The number of hydrogen-bond acceptors (Lipinski definition) is 4. The molecule has 4 rings (SSSR count). The van der Waals surface area contributed by atoms with Crippen LogP contribution in [0.1, 0.15) is 37.8 Å². The summed E-state index contributed by atoms with van der Waals surface area (Å²) in [6.45, 7) is 5.50. The molecule has 1 aromatic heterocycles. The highest BCUT2D eigenvalue weighted by Crippen LogP contribution is 2.37. The van der Waals surface area contributed by atoms with Crippen LogP contribution >= 0.6 is 0 Å². The van der Waals surface area contributed by atoms with Gasteiger partial charge in [0.05, 0.1) is 11.9 Å². The molecule has 0 saturated carbocycles. The van der Waals surface area contributed by atoms with Gasteiger partial charge >= 0.3 is 0 Å². The zero-order chi connectivity index (χ0) is 22.2. The number of likely N-dealkylation sites (tertiary alicyclic amines) is 1. The highest BCUT2D eigenvalue weighted by molar-refractivity contribution is 7.83. The first-order valence-corrected chi connectivity index (χ1v) is 12.6. The second kappa shape index (κ2) is 8.94. The van der Waals surface area contributed by atoms with Crippen molar-refractivity contribution in [1.82, 2.24) is 9.88 Å². The van der Waals surface area contributed by atoms with Crippen LogP contribution in [-0.4, -0.2) is 51.8 Å². The van der Waals surface area contributed by atoms with E-state index in [-0.39, 0.29) is 11.9 Å². The van der Waals surface area contributed by atoms with Crippen LogP contribution in [-0.2, 0) is 23.0 Å². The normalized spacial score (nSPS) is 21.0. The van der Waals surface area contributed by atoms with E-state index < -0.39 is 16.5 Å². The average Bonchev–Trinajstić information content (AvgIpc) is 3.10. The zero-order valence-electron chi connectivity index (χ0n) is 18.4. The summed E-state index contributed by atoms with van der Waals surface area (Å²) in [6, 6.07) is 6.88. The van der Waals surface area contributed by atoms with Crippen molar-refractivity contribution in [3.63, 3.8) is 0 Å². The Bertz CT molecular complexity index is 969. The summed E-state index contributed by atoms with van der Waals surface area (Å²) in [6.07, 6.45) is 6.17. The van der Waals surface area contributed by atoms with Crippen molar-refractivity contribution in [2.75, 3.05) is 25.9 Å². The van der Waals surface area contributed by atoms with Crippen LogP contribution in [0.5, 0.6) is 5.75 Å². The maximum Gasteiger partial charge on any atom is 0.141 e. The molecule has 2 unspecified atom stereocenters. The van der Waals surface area contributed by atoms with Crippen molar-refractivity contribution >= 4 is 10.8 Å². The van der Waals surface area contributed by atoms with E-state index in [9.17, 15) is 13.0 Å². The molecule has 0 amide bonds. The topological polar surface area (TPSA) is 42.4 Å². The number of rotatable bonds is 6. The van der Waals surface area contributed by atoms with E-state index in [1.807, 2.05) is 6.07 Å². The Labute approximate surface area is 185 Å². The van der Waals surface area contributed by atoms with Gasteiger partial charge < -0.3 is 9.64 Å². The molecule has 4 nitrogen and oxygen atoms in total. The number of ether oxygens (including phenoxy) is 1. The van der Waals surface area contributed by atoms with Crippen molar-refractivity contribution in [3.05, 3.63) is 47.4 Å². The van der Waals surface area contributed by atoms with Gasteiger partial charge in [0.2, 0.25) is 0 Å². The van der Waals surface area contributed by atoms with Crippen LogP contribution in [0, 0.1) is 11.7 Å². The lowest BCUT2D eigenvalue weighted by molar-refractivity contribution is 0.0606. The summed E-state index contributed by atoms with van der Waals surface area (Å²) in [5, 5.41) is 0. The predicted octanol–water partition coefficient (Wildman–Crippen LogP) is 4.53. The fourth-order valence-corrected chi connectivity index (χ4v) is 5.34. The van der Waals surface area contributed by atoms with Crippen LogP contribution in [0.15, 0.2) is 30.5 Å². The van der Waals surface area contributed by atoms with E-state index in [0.717, 1.165) is 43.7 Å². The minimum atomic E-state index is -1.17. The molecule has 0 N–H and O–H groups in total. The Hall–Kier alpha value is -1.86. The molecule has 0 bridgehead atoms. The van der Waals surface area contributed by atoms with Crippen molar-refractivity contribution in [2.45, 2.75) is 50.6 Å². The number of pyridine rings is 1. The highest BCUT2D eigenvalue weighted by Gasteiger charge is 2.34. The number of hydrogen-bond donors (Lipinski definition) is 0. The number of benzene rings is 1. The van der Waals surface area contributed by atoms with E-state index in [4.69, 9.17) is 4.74 Å². The van der Waals surface area contributed by atoms with Gasteiger partial charge in [-0.2, -0.15) is 0 Å². The largest absolute Gasteiger partial charge is 0.488 e. The van der Waals surface area contributed by atoms with Crippen LogP contribution in [0.3, 0.4) is 0 Å². The Morgan fingerprint density at radius 1 is 1.26 bits per heavy atom. The molecule has 2 aromatic rings. The van der Waals surface area contributed by atoms with Crippen molar-refractivity contribution < 1.29 is 17.7 Å². The van der Waals surface area contributed by atoms with Gasteiger partial charge in [0.25, 0.3) is 0 Å². The van der Waals surface area contributed by atoms with Crippen LogP contribution < -0.4 is 4.74 Å². The molecule has 168 valence electrons. The van der Waals surface area contributed by atoms with E-state index in [1.165, 1.54) is 6.07 Å². The second-order valence-electron chi connectivity index (χ2n) is 9.40. The smallest absolute Gasteiger partial charge is 0.141 e. The summed E-state index contributed by atoms with van der Waals surface area (Å²) in [4.78, 5) is 6.62.